The molecule has 1 rings (SSSR count). The molecule has 0 saturated carbocycles. The molecule has 86 valence electrons. The number of halogens is 1. The van der Waals surface area contributed by atoms with E-state index in [1.54, 1.807) is 6.92 Å². The van der Waals surface area contributed by atoms with Gasteiger partial charge >= 0.3 is 5.97 Å². The van der Waals surface area contributed by atoms with Gasteiger partial charge in [0.1, 0.15) is 5.75 Å². The molecular weight excluding hydrogens is 230 g/mol. The molecule has 0 bridgehead atoms. The van der Waals surface area contributed by atoms with Crippen LogP contribution in [0.1, 0.15) is 12.5 Å². The molecule has 0 radical (unpaired) electrons. The number of anilines is 1. The first-order valence-corrected chi connectivity index (χ1v) is 5.05. The number of rotatable bonds is 3. The fourth-order valence-corrected chi connectivity index (χ4v) is 1.35. The first-order chi connectivity index (χ1) is 7.54. The van der Waals surface area contributed by atoms with Crippen LogP contribution in [0.5, 0.6) is 5.75 Å². The lowest BCUT2D eigenvalue weighted by Crippen LogP contribution is -1.98. The van der Waals surface area contributed by atoms with Gasteiger partial charge in [0.25, 0.3) is 0 Å². The van der Waals surface area contributed by atoms with Crippen LogP contribution < -0.4 is 5.73 Å². The monoisotopic (exact) mass is 241 g/mol. The predicted molar refractivity (Wildman–Crippen MR) is 63.2 cm³/mol. The fraction of sp³-hybridized carbons (Fsp3) is 0.182. The van der Waals surface area contributed by atoms with Crippen LogP contribution in [0.2, 0.25) is 5.02 Å². The Labute approximate surface area is 98.3 Å². The lowest BCUT2D eigenvalue weighted by molar-refractivity contribution is -0.137. The molecule has 0 saturated heterocycles. The zero-order valence-electron chi connectivity index (χ0n) is 8.74. The van der Waals surface area contributed by atoms with E-state index in [-0.39, 0.29) is 11.4 Å². The van der Waals surface area contributed by atoms with Gasteiger partial charge in [-0.2, -0.15) is 0 Å². The Morgan fingerprint density at radius 1 is 1.62 bits per heavy atom. The summed E-state index contributed by atoms with van der Waals surface area (Å²) in [6.45, 7) is 2.01. The van der Waals surface area contributed by atoms with Crippen molar-refractivity contribution in [2.24, 2.45) is 0 Å². The van der Waals surface area contributed by atoms with Crippen LogP contribution in [-0.4, -0.2) is 17.7 Å². The maximum Gasteiger partial charge on any atom is 0.330 e. The van der Waals surface area contributed by atoms with Crippen LogP contribution in [-0.2, 0) is 9.53 Å². The van der Waals surface area contributed by atoms with Gasteiger partial charge in [0.15, 0.2) is 0 Å². The topological polar surface area (TPSA) is 72.5 Å². The van der Waals surface area contributed by atoms with Crippen LogP contribution in [0.15, 0.2) is 18.2 Å². The molecule has 16 heavy (non-hydrogen) atoms. The van der Waals surface area contributed by atoms with E-state index < -0.39 is 5.97 Å². The summed E-state index contributed by atoms with van der Waals surface area (Å²) < 4.78 is 4.69. The third kappa shape index (κ3) is 3.17. The van der Waals surface area contributed by atoms with Gasteiger partial charge in [-0.1, -0.05) is 11.6 Å². The summed E-state index contributed by atoms with van der Waals surface area (Å²) in [5.41, 5.74) is 6.04. The molecule has 0 heterocycles. The van der Waals surface area contributed by atoms with E-state index in [9.17, 15) is 9.90 Å². The number of phenols is 1. The summed E-state index contributed by atoms with van der Waals surface area (Å²) in [5.74, 6) is -0.592. The van der Waals surface area contributed by atoms with E-state index in [1.165, 1.54) is 24.3 Å². The van der Waals surface area contributed by atoms with E-state index in [2.05, 4.69) is 0 Å². The molecule has 5 heteroatoms. The Kier molecular flexibility index (Phi) is 4.19. The first-order valence-electron chi connectivity index (χ1n) is 4.67. The van der Waals surface area contributed by atoms with Crippen molar-refractivity contribution >= 4 is 29.3 Å². The Bertz CT molecular complexity index is 429. The van der Waals surface area contributed by atoms with Gasteiger partial charge in [0.05, 0.1) is 12.3 Å². The SMILES string of the molecule is CCOC(=O)/C=C/c1cc(Cl)cc(N)c1O. The van der Waals surface area contributed by atoms with Gasteiger partial charge in [-0.15, -0.1) is 0 Å². The zero-order chi connectivity index (χ0) is 12.1. The van der Waals surface area contributed by atoms with Gasteiger partial charge in [-0.25, -0.2) is 4.79 Å². The summed E-state index contributed by atoms with van der Waals surface area (Å²) in [5, 5.41) is 9.97. The van der Waals surface area contributed by atoms with Crippen molar-refractivity contribution in [3.05, 3.63) is 28.8 Å². The van der Waals surface area contributed by atoms with E-state index in [0.29, 0.717) is 17.2 Å². The standard InChI is InChI=1S/C11H12ClNO3/c1-2-16-10(14)4-3-7-5-8(12)6-9(13)11(7)15/h3-6,15H,2,13H2,1H3/b4-3+. The Hall–Kier alpha value is -1.68. The second-order valence-corrected chi connectivity index (χ2v) is 3.45. The summed E-state index contributed by atoms with van der Waals surface area (Å²) in [6, 6.07) is 2.93. The number of nitrogen functional groups attached to an aromatic ring is 1. The first kappa shape index (κ1) is 12.4. The lowest BCUT2D eigenvalue weighted by Gasteiger charge is -2.03. The number of hydrogen-bond donors (Lipinski definition) is 2. The highest BCUT2D eigenvalue weighted by atomic mass is 35.5. The van der Waals surface area contributed by atoms with Crippen LogP contribution in [0.25, 0.3) is 6.08 Å². The summed E-state index contributed by atoms with van der Waals surface area (Å²) in [4.78, 5) is 11.0. The molecule has 1 aromatic carbocycles. The Balaban J connectivity index is 2.93. The minimum Gasteiger partial charge on any atom is -0.505 e. The molecule has 0 unspecified atom stereocenters. The van der Waals surface area contributed by atoms with Crippen LogP contribution in [0.4, 0.5) is 5.69 Å². The number of aromatic hydroxyl groups is 1. The van der Waals surface area contributed by atoms with Crippen LogP contribution in [0, 0.1) is 0 Å². The zero-order valence-corrected chi connectivity index (χ0v) is 9.49. The second-order valence-electron chi connectivity index (χ2n) is 3.02. The van der Waals surface area contributed by atoms with Crippen molar-refractivity contribution in [3.63, 3.8) is 0 Å². The molecule has 0 aliphatic carbocycles. The molecule has 0 fully saturated rings. The van der Waals surface area contributed by atoms with E-state index in [0.717, 1.165) is 0 Å². The molecule has 0 amide bonds. The van der Waals surface area contributed by atoms with Gasteiger partial charge in [-0.3, -0.25) is 0 Å². The highest BCUT2D eigenvalue weighted by Gasteiger charge is 2.05. The maximum absolute atomic E-state index is 11.0. The Morgan fingerprint density at radius 3 is 2.94 bits per heavy atom. The number of hydrogen-bond acceptors (Lipinski definition) is 4. The normalized spacial score (nSPS) is 10.6. The largest absolute Gasteiger partial charge is 0.505 e. The average molecular weight is 242 g/mol. The molecule has 0 aliphatic heterocycles. The molecule has 1 aromatic rings. The van der Waals surface area contributed by atoms with Crippen molar-refractivity contribution in [1.82, 2.24) is 0 Å². The van der Waals surface area contributed by atoms with Gasteiger partial charge in [0, 0.05) is 16.7 Å². The van der Waals surface area contributed by atoms with Crippen molar-refractivity contribution in [2.45, 2.75) is 6.92 Å². The van der Waals surface area contributed by atoms with Crippen LogP contribution >= 0.6 is 11.6 Å². The molecule has 0 atom stereocenters. The minimum absolute atomic E-state index is 0.107. The smallest absolute Gasteiger partial charge is 0.330 e. The predicted octanol–water partition coefficient (Wildman–Crippen LogP) is 2.20. The third-order valence-corrected chi connectivity index (χ3v) is 2.04. The quantitative estimate of drug-likeness (QED) is 0.368. The highest BCUT2D eigenvalue weighted by molar-refractivity contribution is 6.31. The van der Waals surface area contributed by atoms with E-state index in [4.69, 9.17) is 22.1 Å². The second kappa shape index (κ2) is 5.42. The number of nitrogens with two attached hydrogens (primary N) is 1. The maximum atomic E-state index is 11.0. The van der Waals surface area contributed by atoms with Crippen molar-refractivity contribution in [1.29, 1.82) is 0 Å². The summed E-state index contributed by atoms with van der Waals surface area (Å²) in [7, 11) is 0. The molecule has 3 N–H and O–H groups in total. The van der Waals surface area contributed by atoms with E-state index in [1.807, 2.05) is 0 Å². The van der Waals surface area contributed by atoms with E-state index >= 15 is 0 Å². The number of carbonyl (C=O) groups is 1. The van der Waals surface area contributed by atoms with Crippen LogP contribution in [0.3, 0.4) is 0 Å². The Morgan fingerprint density at radius 2 is 2.31 bits per heavy atom. The molecule has 4 nitrogen and oxygen atoms in total. The van der Waals surface area contributed by atoms with Crippen molar-refractivity contribution < 1.29 is 14.6 Å². The molecular formula is C11H12ClNO3. The molecule has 0 aromatic heterocycles. The summed E-state index contributed by atoms with van der Waals surface area (Å²) in [6.07, 6.45) is 2.60. The highest BCUT2D eigenvalue weighted by Crippen LogP contribution is 2.29. The fourth-order valence-electron chi connectivity index (χ4n) is 1.12. The third-order valence-electron chi connectivity index (χ3n) is 1.82. The lowest BCUT2D eigenvalue weighted by atomic mass is 10.1. The van der Waals surface area contributed by atoms with Gasteiger partial charge in [0.2, 0.25) is 0 Å². The van der Waals surface area contributed by atoms with Gasteiger partial charge < -0.3 is 15.6 Å². The van der Waals surface area contributed by atoms with Gasteiger partial charge in [-0.05, 0) is 25.1 Å². The number of phenolic OH excluding ortho intramolecular Hbond substituents is 1. The average Bonchev–Trinajstić information content (AvgIpc) is 2.21. The minimum atomic E-state index is -0.486. The van der Waals surface area contributed by atoms with Crippen molar-refractivity contribution in [2.75, 3.05) is 12.3 Å². The number of carbonyl (C=O) groups excluding carboxylic acids is 1. The van der Waals surface area contributed by atoms with Crippen molar-refractivity contribution in [3.8, 4) is 5.75 Å². The summed E-state index contributed by atoms with van der Waals surface area (Å²) >= 11 is 5.76. The molecule has 0 aliphatic rings. The molecule has 0 spiro atoms. The number of esters is 1. The number of benzene rings is 1. The number of ether oxygens (including phenoxy) is 1.